The molecule has 2 aromatic rings. The van der Waals surface area contributed by atoms with E-state index in [9.17, 15) is 13.5 Å². The van der Waals surface area contributed by atoms with Gasteiger partial charge in [-0.25, -0.2) is 8.42 Å². The van der Waals surface area contributed by atoms with Crippen LogP contribution in [-0.4, -0.2) is 55.2 Å². The molecule has 1 fully saturated rings. The standard InChI is InChI=1S/C15H18N2O4S/c1-21-13-7-12(10-18)17(9-13)22(19,20)15-4-2-3-11-8-16-6-5-14(11)15/h2-6,8,12-13,18H,7,9-10H2,1H3/t12-,13-/m0/s1. The summed E-state index contributed by atoms with van der Waals surface area (Å²) in [5, 5.41) is 10.9. The third-order valence-corrected chi connectivity index (χ3v) is 6.07. The molecule has 118 valence electrons. The number of rotatable bonds is 4. The van der Waals surface area contributed by atoms with Gasteiger partial charge in [0.25, 0.3) is 0 Å². The minimum Gasteiger partial charge on any atom is -0.395 e. The zero-order valence-electron chi connectivity index (χ0n) is 12.2. The molecule has 0 spiro atoms. The number of aromatic nitrogens is 1. The first-order chi connectivity index (χ1) is 10.6. The van der Waals surface area contributed by atoms with E-state index in [4.69, 9.17) is 4.74 Å². The molecule has 6 nitrogen and oxygen atoms in total. The Balaban J connectivity index is 2.09. The molecule has 1 aromatic heterocycles. The highest BCUT2D eigenvalue weighted by Gasteiger charge is 2.40. The normalized spacial score (nSPS) is 23.2. The number of hydrogen-bond acceptors (Lipinski definition) is 5. The van der Waals surface area contributed by atoms with Gasteiger partial charge in [-0.1, -0.05) is 12.1 Å². The van der Waals surface area contributed by atoms with E-state index in [0.717, 1.165) is 5.39 Å². The van der Waals surface area contributed by atoms with E-state index in [1.54, 1.807) is 37.7 Å². The van der Waals surface area contributed by atoms with Crippen molar-refractivity contribution in [3.05, 3.63) is 36.7 Å². The minimum absolute atomic E-state index is 0.191. The van der Waals surface area contributed by atoms with Crippen LogP contribution in [0.15, 0.2) is 41.6 Å². The van der Waals surface area contributed by atoms with Crippen LogP contribution >= 0.6 is 0 Å². The van der Waals surface area contributed by atoms with E-state index in [-0.39, 0.29) is 24.2 Å². The largest absolute Gasteiger partial charge is 0.395 e. The number of ether oxygens (including phenoxy) is 1. The summed E-state index contributed by atoms with van der Waals surface area (Å²) in [4.78, 5) is 4.26. The topological polar surface area (TPSA) is 79.7 Å². The van der Waals surface area contributed by atoms with Gasteiger partial charge in [0.1, 0.15) is 0 Å². The molecule has 0 bridgehead atoms. The molecule has 0 unspecified atom stereocenters. The molecule has 1 aliphatic rings. The van der Waals surface area contributed by atoms with E-state index >= 15 is 0 Å². The monoisotopic (exact) mass is 322 g/mol. The molecule has 1 aromatic carbocycles. The minimum atomic E-state index is -3.70. The number of fused-ring (bicyclic) bond motifs is 1. The fraction of sp³-hybridized carbons (Fsp3) is 0.400. The van der Waals surface area contributed by atoms with Crippen LogP contribution in [0.2, 0.25) is 0 Å². The second-order valence-corrected chi connectivity index (χ2v) is 7.22. The Morgan fingerprint density at radius 3 is 2.95 bits per heavy atom. The fourth-order valence-corrected chi connectivity index (χ4v) is 4.79. The maximum Gasteiger partial charge on any atom is 0.244 e. The van der Waals surface area contributed by atoms with Gasteiger partial charge in [0, 0.05) is 36.8 Å². The molecule has 7 heteroatoms. The molecule has 0 radical (unpaired) electrons. The second-order valence-electron chi connectivity index (χ2n) is 5.36. The average molecular weight is 322 g/mol. The van der Waals surface area contributed by atoms with Gasteiger partial charge in [0.2, 0.25) is 10.0 Å². The van der Waals surface area contributed by atoms with Crippen molar-refractivity contribution in [3.8, 4) is 0 Å². The first-order valence-electron chi connectivity index (χ1n) is 7.06. The number of methoxy groups -OCH3 is 1. The Bertz CT molecular complexity index is 773. The highest BCUT2D eigenvalue weighted by atomic mass is 32.2. The van der Waals surface area contributed by atoms with Gasteiger partial charge in [-0.05, 0) is 18.6 Å². The summed E-state index contributed by atoms with van der Waals surface area (Å²) < 4.78 is 32.6. The molecule has 0 aliphatic carbocycles. The highest BCUT2D eigenvalue weighted by Crippen LogP contribution is 2.30. The first kappa shape index (κ1) is 15.4. The summed E-state index contributed by atoms with van der Waals surface area (Å²) in [5.41, 5.74) is 0. The van der Waals surface area contributed by atoms with E-state index in [2.05, 4.69) is 4.98 Å². The number of sulfonamides is 1. The maximum absolute atomic E-state index is 13.0. The third-order valence-electron chi connectivity index (χ3n) is 4.10. The average Bonchev–Trinajstić information content (AvgIpc) is 2.98. The van der Waals surface area contributed by atoms with Crippen LogP contribution in [0.25, 0.3) is 10.8 Å². The lowest BCUT2D eigenvalue weighted by Crippen LogP contribution is -2.38. The van der Waals surface area contributed by atoms with Crippen molar-refractivity contribution in [2.45, 2.75) is 23.5 Å². The van der Waals surface area contributed by atoms with Gasteiger partial charge in [0.15, 0.2) is 0 Å². The lowest BCUT2D eigenvalue weighted by molar-refractivity contribution is 0.113. The molecular formula is C15H18N2O4S. The van der Waals surface area contributed by atoms with E-state index in [1.165, 1.54) is 4.31 Å². The Kier molecular flexibility index (Phi) is 4.14. The number of pyridine rings is 1. The zero-order chi connectivity index (χ0) is 15.7. The molecule has 0 saturated carbocycles. The molecular weight excluding hydrogens is 304 g/mol. The zero-order valence-corrected chi connectivity index (χ0v) is 13.0. The van der Waals surface area contributed by atoms with Crippen LogP contribution in [0, 0.1) is 0 Å². The van der Waals surface area contributed by atoms with Gasteiger partial charge in [-0.3, -0.25) is 4.98 Å². The number of nitrogens with zero attached hydrogens (tertiary/aromatic N) is 2. The third kappa shape index (κ3) is 2.50. The van der Waals surface area contributed by atoms with Crippen molar-refractivity contribution in [2.24, 2.45) is 0 Å². The summed E-state index contributed by atoms with van der Waals surface area (Å²) in [7, 11) is -2.15. The van der Waals surface area contributed by atoms with Crippen LogP contribution in [0.4, 0.5) is 0 Å². The van der Waals surface area contributed by atoms with Gasteiger partial charge < -0.3 is 9.84 Å². The summed E-state index contributed by atoms with van der Waals surface area (Å²) in [6.07, 6.45) is 3.52. The van der Waals surface area contributed by atoms with Gasteiger partial charge in [-0.15, -0.1) is 0 Å². The van der Waals surface area contributed by atoms with Gasteiger partial charge >= 0.3 is 0 Å². The van der Waals surface area contributed by atoms with Crippen LogP contribution in [0.5, 0.6) is 0 Å². The van der Waals surface area contributed by atoms with Crippen LogP contribution in [-0.2, 0) is 14.8 Å². The van der Waals surface area contributed by atoms with Crippen molar-refractivity contribution in [2.75, 3.05) is 20.3 Å². The molecule has 1 saturated heterocycles. The van der Waals surface area contributed by atoms with Crippen LogP contribution < -0.4 is 0 Å². The van der Waals surface area contributed by atoms with Crippen LogP contribution in [0.3, 0.4) is 0 Å². The fourth-order valence-electron chi connectivity index (χ4n) is 2.92. The van der Waals surface area contributed by atoms with E-state index in [0.29, 0.717) is 11.8 Å². The molecule has 1 aliphatic heterocycles. The Hall–Kier alpha value is -1.54. The summed E-state index contributed by atoms with van der Waals surface area (Å²) in [6, 6.07) is 6.36. The number of hydrogen-bond donors (Lipinski definition) is 1. The smallest absolute Gasteiger partial charge is 0.244 e. The van der Waals surface area contributed by atoms with Crippen molar-refractivity contribution in [1.29, 1.82) is 0 Å². The summed E-state index contributed by atoms with van der Waals surface area (Å²) in [6.45, 7) is 0.0386. The lowest BCUT2D eigenvalue weighted by atomic mass is 10.2. The molecule has 1 N–H and O–H groups in total. The SMILES string of the molecule is CO[C@H]1C[C@@H](CO)N(S(=O)(=O)c2cccc3cnccc23)C1. The number of benzene rings is 1. The van der Waals surface area contributed by atoms with E-state index in [1.807, 2.05) is 6.07 Å². The molecule has 0 amide bonds. The Labute approximate surface area is 129 Å². The van der Waals surface area contributed by atoms with Crippen molar-refractivity contribution >= 4 is 20.8 Å². The molecule has 22 heavy (non-hydrogen) atoms. The molecule has 3 rings (SSSR count). The molecule has 2 heterocycles. The van der Waals surface area contributed by atoms with Gasteiger partial charge in [0.05, 0.1) is 23.6 Å². The van der Waals surface area contributed by atoms with Crippen molar-refractivity contribution in [3.63, 3.8) is 0 Å². The predicted molar refractivity (Wildman–Crippen MR) is 81.9 cm³/mol. The number of aliphatic hydroxyl groups excluding tert-OH is 1. The van der Waals surface area contributed by atoms with Gasteiger partial charge in [-0.2, -0.15) is 4.31 Å². The first-order valence-corrected chi connectivity index (χ1v) is 8.50. The van der Waals surface area contributed by atoms with Crippen LogP contribution in [0.1, 0.15) is 6.42 Å². The van der Waals surface area contributed by atoms with Crippen molar-refractivity contribution in [1.82, 2.24) is 9.29 Å². The summed E-state index contributed by atoms with van der Waals surface area (Å²) in [5.74, 6) is 0. The lowest BCUT2D eigenvalue weighted by Gasteiger charge is -2.22. The van der Waals surface area contributed by atoms with Crippen molar-refractivity contribution < 1.29 is 18.3 Å². The molecule has 2 atom stereocenters. The van der Waals surface area contributed by atoms with E-state index < -0.39 is 16.1 Å². The highest BCUT2D eigenvalue weighted by molar-refractivity contribution is 7.89. The summed E-state index contributed by atoms with van der Waals surface area (Å²) >= 11 is 0. The Morgan fingerprint density at radius 1 is 1.41 bits per heavy atom. The maximum atomic E-state index is 13.0. The second kappa shape index (κ2) is 5.92. The number of aliphatic hydroxyl groups is 1. The predicted octanol–water partition coefficient (Wildman–Crippen LogP) is 1.01. The Morgan fingerprint density at radius 2 is 2.23 bits per heavy atom. The quantitative estimate of drug-likeness (QED) is 0.908.